The number of aromatic nitrogens is 2. The minimum atomic E-state index is -0.0181. The highest BCUT2D eigenvalue weighted by atomic mass is 16.1. The van der Waals surface area contributed by atoms with Gasteiger partial charge in [-0.2, -0.15) is 5.10 Å². The van der Waals surface area contributed by atoms with Crippen molar-refractivity contribution in [1.82, 2.24) is 15.1 Å². The van der Waals surface area contributed by atoms with Gasteiger partial charge in [-0.25, -0.2) is 4.68 Å². The molecule has 2 rings (SSSR count). The Morgan fingerprint density at radius 2 is 2.05 bits per heavy atom. The first-order chi connectivity index (χ1) is 10.2. The summed E-state index contributed by atoms with van der Waals surface area (Å²) in [6.45, 7) is 4.39. The van der Waals surface area contributed by atoms with Gasteiger partial charge in [-0.3, -0.25) is 4.79 Å². The Morgan fingerprint density at radius 3 is 2.67 bits per heavy atom. The van der Waals surface area contributed by atoms with Crippen molar-refractivity contribution in [2.45, 2.75) is 58.0 Å². The van der Waals surface area contributed by atoms with Crippen LogP contribution in [0.4, 0.5) is 5.69 Å². The molecule has 0 saturated heterocycles. The lowest BCUT2D eigenvalue weighted by atomic mass is 10.1. The molecule has 0 aliphatic heterocycles. The quantitative estimate of drug-likeness (QED) is 0.815. The largest absolute Gasteiger partial charge is 0.373 e. The predicted molar refractivity (Wildman–Crippen MR) is 86.9 cm³/mol. The molecule has 0 bridgehead atoms. The van der Waals surface area contributed by atoms with Gasteiger partial charge in [0.25, 0.3) is 5.56 Å². The van der Waals surface area contributed by atoms with E-state index in [1.165, 1.54) is 38.5 Å². The van der Waals surface area contributed by atoms with E-state index in [2.05, 4.69) is 17.3 Å². The highest BCUT2D eigenvalue weighted by Crippen LogP contribution is 2.16. The van der Waals surface area contributed by atoms with E-state index in [4.69, 9.17) is 0 Å². The van der Waals surface area contributed by atoms with E-state index in [1.807, 2.05) is 11.9 Å². The lowest BCUT2D eigenvalue weighted by Crippen LogP contribution is -2.34. The second-order valence-corrected chi connectivity index (χ2v) is 5.93. The fourth-order valence-electron chi connectivity index (χ4n) is 2.84. The van der Waals surface area contributed by atoms with Gasteiger partial charge < -0.3 is 10.2 Å². The number of hydrogen-bond acceptors (Lipinski definition) is 4. The van der Waals surface area contributed by atoms with Crippen molar-refractivity contribution >= 4 is 5.69 Å². The van der Waals surface area contributed by atoms with E-state index in [-0.39, 0.29) is 5.56 Å². The van der Waals surface area contributed by atoms with Gasteiger partial charge in [0.15, 0.2) is 0 Å². The molecule has 0 unspecified atom stereocenters. The van der Waals surface area contributed by atoms with Crippen molar-refractivity contribution in [3.8, 4) is 0 Å². The fraction of sp³-hybridized carbons (Fsp3) is 0.750. The van der Waals surface area contributed by atoms with E-state index in [9.17, 15) is 4.79 Å². The number of nitrogens with one attached hydrogen (secondary N) is 1. The molecule has 1 aromatic rings. The van der Waals surface area contributed by atoms with E-state index in [0.717, 1.165) is 18.8 Å². The van der Waals surface area contributed by atoms with Gasteiger partial charge in [0.2, 0.25) is 0 Å². The average molecular weight is 292 g/mol. The molecule has 5 heteroatoms. The van der Waals surface area contributed by atoms with Crippen LogP contribution in [0.2, 0.25) is 0 Å². The highest BCUT2D eigenvalue weighted by molar-refractivity contribution is 5.41. The van der Waals surface area contributed by atoms with Crippen molar-refractivity contribution in [3.63, 3.8) is 0 Å². The summed E-state index contributed by atoms with van der Waals surface area (Å²) in [5.74, 6) is 0. The van der Waals surface area contributed by atoms with E-state index in [0.29, 0.717) is 12.6 Å². The molecule has 0 aromatic carbocycles. The van der Waals surface area contributed by atoms with Crippen LogP contribution in [0.3, 0.4) is 0 Å². The van der Waals surface area contributed by atoms with Crippen LogP contribution in [0.1, 0.15) is 45.4 Å². The van der Waals surface area contributed by atoms with Crippen LogP contribution in [-0.2, 0) is 6.54 Å². The summed E-state index contributed by atoms with van der Waals surface area (Å²) < 4.78 is 1.55. The van der Waals surface area contributed by atoms with Gasteiger partial charge in [-0.05, 0) is 19.8 Å². The number of anilines is 1. The first-order valence-electron chi connectivity index (χ1n) is 8.22. The smallest absolute Gasteiger partial charge is 0.268 e. The summed E-state index contributed by atoms with van der Waals surface area (Å²) in [4.78, 5) is 14.1. The monoisotopic (exact) mass is 292 g/mol. The number of rotatable bonds is 6. The molecule has 5 nitrogen and oxygen atoms in total. The average Bonchev–Trinajstić information content (AvgIpc) is 2.77. The second-order valence-electron chi connectivity index (χ2n) is 5.93. The molecule has 1 N–H and O–H groups in total. The molecule has 1 fully saturated rings. The Kier molecular flexibility index (Phi) is 6.23. The van der Waals surface area contributed by atoms with Gasteiger partial charge >= 0.3 is 0 Å². The molecule has 118 valence electrons. The Morgan fingerprint density at radius 1 is 1.33 bits per heavy atom. The number of nitrogens with zero attached hydrogens (tertiary/aromatic N) is 3. The summed E-state index contributed by atoms with van der Waals surface area (Å²) in [6, 6.07) is 2.29. The zero-order valence-corrected chi connectivity index (χ0v) is 13.3. The summed E-state index contributed by atoms with van der Waals surface area (Å²) >= 11 is 0. The summed E-state index contributed by atoms with van der Waals surface area (Å²) in [7, 11) is 1.97. The van der Waals surface area contributed by atoms with Gasteiger partial charge in [-0.15, -0.1) is 0 Å². The summed E-state index contributed by atoms with van der Waals surface area (Å²) in [6.07, 6.45) is 9.70. The van der Waals surface area contributed by atoms with E-state index < -0.39 is 0 Å². The molecule has 0 spiro atoms. The van der Waals surface area contributed by atoms with Gasteiger partial charge in [0, 0.05) is 32.2 Å². The summed E-state index contributed by atoms with van der Waals surface area (Å²) in [5.41, 5.74) is 0.867. The van der Waals surface area contributed by atoms with Gasteiger partial charge in [0.05, 0.1) is 18.4 Å². The molecule has 21 heavy (non-hydrogen) atoms. The van der Waals surface area contributed by atoms with Crippen molar-refractivity contribution in [2.75, 3.05) is 25.0 Å². The van der Waals surface area contributed by atoms with Crippen LogP contribution in [0.25, 0.3) is 0 Å². The second kappa shape index (κ2) is 8.17. The minimum absolute atomic E-state index is 0.0181. The maximum absolute atomic E-state index is 12.0. The molecular weight excluding hydrogens is 264 g/mol. The molecular formula is C16H28N4O. The lowest BCUT2D eigenvalue weighted by Gasteiger charge is -2.18. The summed E-state index contributed by atoms with van der Waals surface area (Å²) in [5, 5.41) is 7.85. The van der Waals surface area contributed by atoms with Crippen molar-refractivity contribution in [2.24, 2.45) is 0 Å². The molecule has 1 aromatic heterocycles. The molecule has 1 saturated carbocycles. The molecule has 0 radical (unpaired) electrons. The van der Waals surface area contributed by atoms with Crippen LogP contribution < -0.4 is 15.8 Å². The number of hydrogen-bond donors (Lipinski definition) is 1. The molecule has 1 aliphatic rings. The molecule has 1 heterocycles. The Hall–Kier alpha value is -1.36. The van der Waals surface area contributed by atoms with Crippen molar-refractivity contribution in [3.05, 3.63) is 22.6 Å². The Labute approximate surface area is 127 Å². The Balaban J connectivity index is 1.84. The Bertz CT molecular complexity index is 477. The maximum Gasteiger partial charge on any atom is 0.268 e. The zero-order valence-electron chi connectivity index (χ0n) is 13.3. The normalized spacial score (nSPS) is 16.7. The van der Waals surface area contributed by atoms with Crippen LogP contribution >= 0.6 is 0 Å². The third-order valence-corrected chi connectivity index (χ3v) is 4.38. The standard InChI is InChI=1S/C16H28N4O/c1-3-19(2)15-12-16(21)20(18-13-15)11-10-17-14-8-6-4-5-7-9-14/h12-14,17H,3-11H2,1-2H3. The predicted octanol–water partition coefficient (Wildman–Crippen LogP) is 2.01. The molecule has 1 aliphatic carbocycles. The van der Waals surface area contributed by atoms with Gasteiger partial charge in [0.1, 0.15) is 0 Å². The van der Waals surface area contributed by atoms with E-state index in [1.54, 1.807) is 16.9 Å². The SMILES string of the molecule is CCN(C)c1cnn(CCNC2CCCCCC2)c(=O)c1. The first-order valence-corrected chi connectivity index (χ1v) is 8.22. The van der Waals surface area contributed by atoms with Crippen molar-refractivity contribution < 1.29 is 0 Å². The van der Waals surface area contributed by atoms with E-state index >= 15 is 0 Å². The third-order valence-electron chi connectivity index (χ3n) is 4.38. The van der Waals surface area contributed by atoms with Crippen LogP contribution in [0.15, 0.2) is 17.1 Å². The third kappa shape index (κ3) is 4.84. The first kappa shape index (κ1) is 16.0. The maximum atomic E-state index is 12.0. The topological polar surface area (TPSA) is 50.2 Å². The zero-order chi connectivity index (χ0) is 15.1. The molecule has 0 atom stereocenters. The highest BCUT2D eigenvalue weighted by Gasteiger charge is 2.11. The van der Waals surface area contributed by atoms with Crippen LogP contribution in [0, 0.1) is 0 Å². The van der Waals surface area contributed by atoms with Crippen LogP contribution in [0.5, 0.6) is 0 Å². The minimum Gasteiger partial charge on any atom is -0.373 e. The van der Waals surface area contributed by atoms with Crippen molar-refractivity contribution in [1.29, 1.82) is 0 Å². The lowest BCUT2D eigenvalue weighted by molar-refractivity contribution is 0.431. The van der Waals surface area contributed by atoms with Gasteiger partial charge in [-0.1, -0.05) is 25.7 Å². The van der Waals surface area contributed by atoms with Crippen LogP contribution in [-0.4, -0.2) is 36.0 Å². The molecule has 0 amide bonds. The fourth-order valence-corrected chi connectivity index (χ4v) is 2.84.